The number of nitrogens with one attached hydrogen (secondary N) is 1. The Morgan fingerprint density at radius 1 is 1.31 bits per heavy atom. The molecule has 0 radical (unpaired) electrons. The fourth-order valence-corrected chi connectivity index (χ4v) is 3.25. The fourth-order valence-electron chi connectivity index (χ4n) is 1.12. The molecule has 0 unspecified atom stereocenters. The molecule has 0 atom stereocenters. The molecule has 6 heteroatoms. The van der Waals surface area contributed by atoms with Gasteiger partial charge in [0.25, 0.3) is 3.57 Å². The third-order valence-corrected chi connectivity index (χ3v) is 4.62. The molecule has 1 aromatic heterocycles. The molecule has 0 aliphatic heterocycles. The van der Waals surface area contributed by atoms with Crippen LogP contribution in [0.3, 0.4) is 0 Å². The predicted molar refractivity (Wildman–Crippen MR) is 52.6 cm³/mol. The molecule has 0 bridgehead atoms. The fraction of sp³-hybridized carbons (Fsp3) is 0. The number of benzene rings is 1. The van der Waals surface area contributed by atoms with Crippen LogP contribution < -0.4 is 37.6 Å². The molecular weight excluding hydrogens is 321 g/mol. The Labute approximate surface area is 102 Å². The lowest BCUT2D eigenvalue weighted by molar-refractivity contribution is -0.605. The van der Waals surface area contributed by atoms with E-state index in [4.69, 9.17) is 5.73 Å². The number of rotatable bonds is 2. The van der Waals surface area contributed by atoms with Crippen molar-refractivity contribution in [1.82, 2.24) is 9.97 Å². The lowest BCUT2D eigenvalue weighted by Gasteiger charge is -2.02. The van der Waals surface area contributed by atoms with E-state index in [9.17, 15) is 9.90 Å². The van der Waals surface area contributed by atoms with Gasteiger partial charge in [-0.2, -0.15) is 0 Å². The molecule has 0 aliphatic rings. The van der Waals surface area contributed by atoms with Crippen LogP contribution in [0.2, 0.25) is 0 Å². The van der Waals surface area contributed by atoms with Crippen molar-refractivity contribution in [3.63, 3.8) is 0 Å². The maximum Gasteiger partial charge on any atom is 0.365 e. The minimum absolute atomic E-state index is 0.129. The molecule has 2 aromatic rings. The molecule has 0 amide bonds. The summed E-state index contributed by atoms with van der Waals surface area (Å²) in [4.78, 5) is 17.4. The molecule has 0 spiro atoms. The van der Waals surface area contributed by atoms with Crippen LogP contribution in [0.1, 0.15) is 0 Å². The number of halogens is 1. The van der Waals surface area contributed by atoms with Crippen LogP contribution in [0, 0.1) is 7.14 Å². The molecule has 0 saturated carbocycles. The van der Waals surface area contributed by atoms with Crippen LogP contribution in [0.5, 0.6) is 5.88 Å². The van der Waals surface area contributed by atoms with E-state index in [1.54, 1.807) is 0 Å². The monoisotopic (exact) mass is 329 g/mol. The van der Waals surface area contributed by atoms with E-state index >= 15 is 0 Å². The Morgan fingerprint density at radius 2 is 2.00 bits per heavy atom. The number of anilines is 1. The molecular formula is C10H8IN3O2. The summed E-state index contributed by atoms with van der Waals surface area (Å²) < 4.78 is 1.22. The molecule has 3 N–H and O–H groups in total. The van der Waals surface area contributed by atoms with Crippen LogP contribution in [-0.2, 0) is 0 Å². The highest BCUT2D eigenvalue weighted by molar-refractivity contribution is 5.18. The van der Waals surface area contributed by atoms with E-state index in [0.29, 0.717) is 0 Å². The Bertz CT molecular complexity index is 554. The van der Waals surface area contributed by atoms with Crippen LogP contribution in [0.25, 0.3) is 0 Å². The number of aromatic nitrogens is 2. The summed E-state index contributed by atoms with van der Waals surface area (Å²) in [6, 6.07) is 9.42. The first-order valence-corrected chi connectivity index (χ1v) is 6.59. The number of hydrogen-bond acceptors (Lipinski definition) is 4. The maximum atomic E-state index is 11.5. The lowest BCUT2D eigenvalue weighted by Crippen LogP contribution is -3.62. The van der Waals surface area contributed by atoms with Gasteiger partial charge in [0.1, 0.15) is 0 Å². The van der Waals surface area contributed by atoms with Crippen molar-refractivity contribution in [3.8, 4) is 5.88 Å². The van der Waals surface area contributed by atoms with E-state index in [1.807, 2.05) is 30.3 Å². The Hall–Kier alpha value is -1.57. The minimum atomic E-state index is -0.802. The zero-order chi connectivity index (χ0) is 11.5. The summed E-state index contributed by atoms with van der Waals surface area (Å²) in [5, 5.41) is 11.5. The summed E-state index contributed by atoms with van der Waals surface area (Å²) in [7, 11) is 0. The van der Waals surface area contributed by atoms with Crippen molar-refractivity contribution in [2.75, 3.05) is 5.73 Å². The highest BCUT2D eigenvalue weighted by atomic mass is 127. The van der Waals surface area contributed by atoms with Crippen LogP contribution in [0.4, 0.5) is 5.95 Å². The highest BCUT2D eigenvalue weighted by Gasteiger charge is 2.21. The average molecular weight is 329 g/mol. The van der Waals surface area contributed by atoms with Gasteiger partial charge in [0.15, 0.2) is 9.52 Å². The summed E-state index contributed by atoms with van der Waals surface area (Å²) in [5.74, 6) is -0.645. The Balaban J connectivity index is 2.39. The lowest BCUT2D eigenvalue weighted by atomic mass is 10.4. The van der Waals surface area contributed by atoms with Crippen LogP contribution >= 0.6 is 0 Å². The van der Waals surface area contributed by atoms with Gasteiger partial charge in [-0.15, -0.1) is 0 Å². The van der Waals surface area contributed by atoms with Gasteiger partial charge in [-0.3, -0.25) is 9.78 Å². The molecule has 5 nitrogen and oxygen atoms in total. The molecule has 0 fully saturated rings. The van der Waals surface area contributed by atoms with Crippen molar-refractivity contribution >= 4 is 5.95 Å². The first-order valence-electron chi connectivity index (χ1n) is 4.43. The predicted octanol–water partition coefficient (Wildman–Crippen LogP) is -3.45. The van der Waals surface area contributed by atoms with E-state index in [1.165, 1.54) is 0 Å². The van der Waals surface area contributed by atoms with E-state index < -0.39 is 32.6 Å². The number of aromatic amines is 1. The van der Waals surface area contributed by atoms with Gasteiger partial charge in [0.2, 0.25) is 0 Å². The second kappa shape index (κ2) is 4.52. The summed E-state index contributed by atoms with van der Waals surface area (Å²) in [5.41, 5.74) is 4.85. The van der Waals surface area contributed by atoms with Gasteiger partial charge in [0, 0.05) is 0 Å². The molecule has 2 rings (SSSR count). The first-order chi connectivity index (χ1) is 7.66. The molecule has 1 aromatic carbocycles. The first kappa shape index (κ1) is 10.9. The number of nitrogens with two attached hydrogens (primary N) is 1. The summed E-state index contributed by atoms with van der Waals surface area (Å²) >= 11 is -0.802. The van der Waals surface area contributed by atoms with Gasteiger partial charge < -0.3 is 10.8 Å². The average Bonchev–Trinajstić information content (AvgIpc) is 2.25. The smallest absolute Gasteiger partial charge is 0.365 e. The standard InChI is InChI=1S/C10H8IN3O2/c12-10-13-8(15)7(9(16)14-10)11-6-4-2-1-3-5-6/h1-5H,(H3-,12,13,14,15,16). The third kappa shape index (κ3) is 2.32. The van der Waals surface area contributed by atoms with Crippen molar-refractivity contribution < 1.29 is 26.3 Å². The zero-order valence-corrected chi connectivity index (χ0v) is 10.3. The second-order valence-corrected chi connectivity index (χ2v) is 5.82. The summed E-state index contributed by atoms with van der Waals surface area (Å²) in [6.07, 6.45) is 0. The highest BCUT2D eigenvalue weighted by Crippen LogP contribution is 1.94. The minimum Gasteiger partial charge on any atom is -0.855 e. The number of nitrogen functional groups attached to an aromatic ring is 1. The number of H-pyrrole nitrogens is 1. The normalized spacial score (nSPS) is 10.2. The summed E-state index contributed by atoms with van der Waals surface area (Å²) in [6.45, 7) is 0. The quantitative estimate of drug-likeness (QED) is 0.561. The van der Waals surface area contributed by atoms with Crippen LogP contribution in [0.15, 0.2) is 35.1 Å². The van der Waals surface area contributed by atoms with Gasteiger partial charge >= 0.3 is 26.8 Å². The largest absolute Gasteiger partial charge is 0.855 e. The van der Waals surface area contributed by atoms with Crippen molar-refractivity contribution in [3.05, 3.63) is 47.8 Å². The second-order valence-electron chi connectivity index (χ2n) is 2.96. The van der Waals surface area contributed by atoms with Gasteiger partial charge in [-0.1, -0.05) is 18.2 Å². The Morgan fingerprint density at radius 3 is 2.62 bits per heavy atom. The van der Waals surface area contributed by atoms with Crippen molar-refractivity contribution in [2.24, 2.45) is 0 Å². The Kier molecular flexibility index (Phi) is 3.09. The molecule has 0 saturated heterocycles. The van der Waals surface area contributed by atoms with E-state index in [-0.39, 0.29) is 9.52 Å². The molecule has 16 heavy (non-hydrogen) atoms. The topological polar surface area (TPSA) is 94.8 Å². The molecule has 0 aliphatic carbocycles. The van der Waals surface area contributed by atoms with Gasteiger partial charge in [-0.25, -0.2) is 4.98 Å². The van der Waals surface area contributed by atoms with Crippen LogP contribution in [-0.4, -0.2) is 9.97 Å². The maximum absolute atomic E-state index is 11.5. The van der Waals surface area contributed by atoms with Gasteiger partial charge in [0.05, 0.1) is 5.88 Å². The third-order valence-electron chi connectivity index (χ3n) is 1.79. The van der Waals surface area contributed by atoms with E-state index in [2.05, 4.69) is 9.97 Å². The molecule has 82 valence electrons. The van der Waals surface area contributed by atoms with Gasteiger partial charge in [-0.05, 0) is 12.1 Å². The van der Waals surface area contributed by atoms with Crippen molar-refractivity contribution in [2.45, 2.75) is 0 Å². The van der Waals surface area contributed by atoms with Crippen molar-refractivity contribution in [1.29, 1.82) is 0 Å². The zero-order valence-electron chi connectivity index (χ0n) is 8.11. The molecule has 1 heterocycles. The van der Waals surface area contributed by atoms with E-state index in [0.717, 1.165) is 3.57 Å². The number of hydrogen-bond donors (Lipinski definition) is 2. The number of nitrogens with zero attached hydrogens (tertiary/aromatic N) is 1. The SMILES string of the molecule is Nc1nc([O-])c([I+]c2ccccc2)c(=O)[nH]1.